The molecular weight excluding hydrogens is 364 g/mol. The first-order valence-corrected chi connectivity index (χ1v) is 11.5. The van der Waals surface area contributed by atoms with Crippen molar-refractivity contribution in [1.29, 1.82) is 0 Å². The molecule has 0 aromatic carbocycles. The highest BCUT2D eigenvalue weighted by molar-refractivity contribution is 5.75. The van der Waals surface area contributed by atoms with Crippen molar-refractivity contribution in [2.45, 2.75) is 58.3 Å². The number of aromatic nitrogens is 2. The van der Waals surface area contributed by atoms with E-state index in [1.165, 1.54) is 45.2 Å². The summed E-state index contributed by atoms with van der Waals surface area (Å²) in [4.78, 5) is 25.9. The van der Waals surface area contributed by atoms with Gasteiger partial charge in [0.25, 0.3) is 0 Å². The molecule has 1 amide bonds. The van der Waals surface area contributed by atoms with Gasteiger partial charge in [-0.2, -0.15) is 0 Å². The third-order valence-electron chi connectivity index (χ3n) is 6.08. The number of rotatable bonds is 9. The molecule has 3 heterocycles. The predicted octanol–water partition coefficient (Wildman–Crippen LogP) is 2.90. The third kappa shape index (κ3) is 7.46. The highest BCUT2D eigenvalue weighted by atomic mass is 16.1. The van der Waals surface area contributed by atoms with Gasteiger partial charge in [0.15, 0.2) is 0 Å². The summed E-state index contributed by atoms with van der Waals surface area (Å²) >= 11 is 0. The molecule has 3 rings (SSSR count). The second kappa shape index (κ2) is 12.0. The number of nitrogens with one attached hydrogen (secondary N) is 2. The van der Waals surface area contributed by atoms with Gasteiger partial charge in [-0.25, -0.2) is 9.97 Å². The number of hydrogen-bond donors (Lipinski definition) is 2. The van der Waals surface area contributed by atoms with Gasteiger partial charge in [0.05, 0.1) is 0 Å². The molecule has 2 N–H and O–H groups in total. The molecule has 0 saturated carbocycles. The van der Waals surface area contributed by atoms with Crippen LogP contribution in [-0.2, 0) is 4.79 Å². The number of likely N-dealkylation sites (tertiary alicyclic amines) is 1. The Morgan fingerprint density at radius 1 is 1.14 bits per heavy atom. The summed E-state index contributed by atoms with van der Waals surface area (Å²) in [6, 6.07) is 2.03. The maximum absolute atomic E-state index is 12.3. The number of anilines is 2. The van der Waals surface area contributed by atoms with E-state index in [1.807, 2.05) is 6.07 Å². The molecule has 1 aromatic rings. The fourth-order valence-electron chi connectivity index (χ4n) is 4.44. The predicted molar refractivity (Wildman–Crippen MR) is 118 cm³/mol. The molecule has 29 heavy (non-hydrogen) atoms. The van der Waals surface area contributed by atoms with Gasteiger partial charge in [0.1, 0.15) is 18.0 Å². The highest BCUT2D eigenvalue weighted by Gasteiger charge is 2.22. The van der Waals surface area contributed by atoms with Crippen LogP contribution >= 0.6 is 0 Å². The Bertz CT molecular complexity index is 617. The molecule has 0 bridgehead atoms. The van der Waals surface area contributed by atoms with E-state index in [9.17, 15) is 4.79 Å². The Kier molecular flexibility index (Phi) is 8.99. The Morgan fingerprint density at radius 2 is 1.97 bits per heavy atom. The van der Waals surface area contributed by atoms with Crippen molar-refractivity contribution in [2.75, 3.05) is 56.0 Å². The normalized spacial score (nSPS) is 20.9. The van der Waals surface area contributed by atoms with E-state index >= 15 is 0 Å². The van der Waals surface area contributed by atoms with Crippen LogP contribution in [0.3, 0.4) is 0 Å². The molecule has 2 aliphatic rings. The van der Waals surface area contributed by atoms with Gasteiger partial charge in [-0.15, -0.1) is 0 Å². The van der Waals surface area contributed by atoms with E-state index in [1.54, 1.807) is 6.33 Å². The first-order chi connectivity index (χ1) is 14.2. The summed E-state index contributed by atoms with van der Waals surface area (Å²) in [6.07, 6.45) is 10.9. The van der Waals surface area contributed by atoms with E-state index in [2.05, 4.69) is 37.3 Å². The number of hydrogen-bond acceptors (Lipinski definition) is 6. The molecule has 0 unspecified atom stereocenters. The largest absolute Gasteiger partial charge is 0.370 e. The molecule has 2 saturated heterocycles. The minimum atomic E-state index is 0.202. The molecule has 2 fully saturated rings. The van der Waals surface area contributed by atoms with Crippen LogP contribution in [0.4, 0.5) is 11.6 Å². The zero-order valence-corrected chi connectivity index (χ0v) is 18.0. The van der Waals surface area contributed by atoms with E-state index in [-0.39, 0.29) is 5.91 Å². The summed E-state index contributed by atoms with van der Waals surface area (Å²) in [5.41, 5.74) is 0. The topological polar surface area (TPSA) is 73.4 Å². The van der Waals surface area contributed by atoms with Crippen LogP contribution < -0.4 is 15.5 Å². The monoisotopic (exact) mass is 402 g/mol. The van der Waals surface area contributed by atoms with E-state index < -0.39 is 0 Å². The Balaban J connectivity index is 1.36. The van der Waals surface area contributed by atoms with Crippen LogP contribution in [-0.4, -0.2) is 66.6 Å². The fourth-order valence-corrected chi connectivity index (χ4v) is 4.44. The number of piperidine rings is 1. The average Bonchev–Trinajstić information content (AvgIpc) is 3.02. The SMILES string of the molecule is CCNc1cc(N2CCC[C@@H](CCC(=O)NCCN3CCCCCC3)C2)ncn1. The molecule has 1 atom stereocenters. The van der Waals surface area contributed by atoms with Crippen molar-refractivity contribution in [2.24, 2.45) is 5.92 Å². The fraction of sp³-hybridized carbons (Fsp3) is 0.773. The first-order valence-electron chi connectivity index (χ1n) is 11.5. The number of carbonyl (C=O) groups is 1. The smallest absolute Gasteiger partial charge is 0.220 e. The van der Waals surface area contributed by atoms with Crippen molar-refractivity contribution in [3.63, 3.8) is 0 Å². The zero-order chi connectivity index (χ0) is 20.3. The molecule has 0 radical (unpaired) electrons. The number of carbonyl (C=O) groups excluding carboxylic acids is 1. The van der Waals surface area contributed by atoms with Crippen molar-refractivity contribution in [1.82, 2.24) is 20.2 Å². The Morgan fingerprint density at radius 3 is 2.76 bits per heavy atom. The van der Waals surface area contributed by atoms with Gasteiger partial charge >= 0.3 is 0 Å². The van der Waals surface area contributed by atoms with Crippen molar-refractivity contribution in [3.05, 3.63) is 12.4 Å². The quantitative estimate of drug-likeness (QED) is 0.662. The van der Waals surface area contributed by atoms with Crippen LogP contribution in [0.1, 0.15) is 58.3 Å². The van der Waals surface area contributed by atoms with Gasteiger partial charge < -0.3 is 20.4 Å². The number of nitrogens with zero attached hydrogens (tertiary/aromatic N) is 4. The highest BCUT2D eigenvalue weighted by Crippen LogP contribution is 2.25. The molecular formula is C22H38N6O. The summed E-state index contributed by atoms with van der Waals surface area (Å²) in [5, 5.41) is 6.38. The van der Waals surface area contributed by atoms with E-state index in [0.717, 1.165) is 57.2 Å². The molecule has 2 aliphatic heterocycles. The minimum Gasteiger partial charge on any atom is -0.370 e. The summed E-state index contributed by atoms with van der Waals surface area (Å²) in [7, 11) is 0. The lowest BCUT2D eigenvalue weighted by Crippen LogP contribution is -2.37. The lowest BCUT2D eigenvalue weighted by molar-refractivity contribution is -0.121. The van der Waals surface area contributed by atoms with Gasteiger partial charge in [-0.1, -0.05) is 12.8 Å². The maximum atomic E-state index is 12.3. The summed E-state index contributed by atoms with van der Waals surface area (Å²) < 4.78 is 0. The first kappa shape index (κ1) is 21.8. The number of amides is 1. The average molecular weight is 403 g/mol. The standard InChI is InChI=1S/C22H38N6O/c1-2-23-20-16-21(26-18-25-20)28-14-7-8-19(17-28)9-10-22(29)24-11-15-27-12-5-3-4-6-13-27/h16,18-19H,2-15,17H2,1H3,(H,24,29)(H,23,25,26)/t19-/m0/s1. The van der Waals surface area contributed by atoms with E-state index in [4.69, 9.17) is 0 Å². The van der Waals surface area contributed by atoms with Gasteiger partial charge in [-0.05, 0) is 58.0 Å². The van der Waals surface area contributed by atoms with Crippen molar-refractivity contribution in [3.8, 4) is 0 Å². The van der Waals surface area contributed by atoms with Crippen LogP contribution in [0.2, 0.25) is 0 Å². The zero-order valence-electron chi connectivity index (χ0n) is 18.0. The van der Waals surface area contributed by atoms with Crippen molar-refractivity contribution < 1.29 is 4.79 Å². The summed E-state index contributed by atoms with van der Waals surface area (Å²) in [5.74, 6) is 2.62. The maximum Gasteiger partial charge on any atom is 0.220 e. The molecule has 7 heteroatoms. The third-order valence-corrected chi connectivity index (χ3v) is 6.08. The molecule has 7 nitrogen and oxygen atoms in total. The Hall–Kier alpha value is -1.89. The van der Waals surface area contributed by atoms with Crippen LogP contribution in [0.5, 0.6) is 0 Å². The van der Waals surface area contributed by atoms with Crippen LogP contribution in [0.15, 0.2) is 12.4 Å². The molecule has 0 aliphatic carbocycles. The lowest BCUT2D eigenvalue weighted by Gasteiger charge is -2.33. The van der Waals surface area contributed by atoms with Crippen LogP contribution in [0, 0.1) is 5.92 Å². The van der Waals surface area contributed by atoms with Gasteiger partial charge in [0, 0.05) is 45.2 Å². The van der Waals surface area contributed by atoms with Gasteiger partial charge in [0.2, 0.25) is 5.91 Å². The molecule has 0 spiro atoms. The molecule has 162 valence electrons. The minimum absolute atomic E-state index is 0.202. The van der Waals surface area contributed by atoms with E-state index in [0.29, 0.717) is 12.3 Å². The second-order valence-corrected chi connectivity index (χ2v) is 8.39. The van der Waals surface area contributed by atoms with Crippen LogP contribution in [0.25, 0.3) is 0 Å². The lowest BCUT2D eigenvalue weighted by atomic mass is 9.93. The second-order valence-electron chi connectivity index (χ2n) is 8.39. The van der Waals surface area contributed by atoms with Gasteiger partial charge in [-0.3, -0.25) is 4.79 Å². The molecule has 1 aromatic heterocycles. The Labute approximate surface area is 175 Å². The summed E-state index contributed by atoms with van der Waals surface area (Å²) in [6.45, 7) is 9.07. The van der Waals surface area contributed by atoms with Crippen molar-refractivity contribution >= 4 is 17.5 Å².